The summed E-state index contributed by atoms with van der Waals surface area (Å²) in [7, 11) is 1.77. The van der Waals surface area contributed by atoms with Crippen molar-refractivity contribution in [1.82, 2.24) is 10.6 Å². The van der Waals surface area contributed by atoms with E-state index in [1.165, 1.54) is 30.4 Å². The van der Waals surface area contributed by atoms with E-state index in [-0.39, 0.29) is 24.0 Å². The molecule has 2 rings (SSSR count). The molecule has 1 aromatic rings. The molecule has 0 spiro atoms. The molecule has 0 atom stereocenters. The summed E-state index contributed by atoms with van der Waals surface area (Å²) < 4.78 is 5.56. The second-order valence-corrected chi connectivity index (χ2v) is 6.58. The van der Waals surface area contributed by atoms with Crippen LogP contribution in [0.5, 0.6) is 5.75 Å². The van der Waals surface area contributed by atoms with E-state index in [9.17, 15) is 5.11 Å². The van der Waals surface area contributed by atoms with Gasteiger partial charge in [-0.1, -0.05) is 19.4 Å². The second kappa shape index (κ2) is 13.2. The first-order valence-electron chi connectivity index (χ1n) is 9.61. The number of fused-ring (bicyclic) bond motifs is 1. The summed E-state index contributed by atoms with van der Waals surface area (Å²) >= 11 is 0. The average Bonchev–Trinajstić information content (AvgIpc) is 2.64. The molecular formula is C20H34IN3O2. The Balaban J connectivity index is 0.00000338. The number of benzene rings is 1. The maximum absolute atomic E-state index is 10.3. The largest absolute Gasteiger partial charge is 0.508 e. The van der Waals surface area contributed by atoms with Gasteiger partial charge in [0.25, 0.3) is 0 Å². The number of hydrogen-bond acceptors (Lipinski definition) is 3. The molecule has 6 heteroatoms. The van der Waals surface area contributed by atoms with E-state index < -0.39 is 0 Å². The topological polar surface area (TPSA) is 65.9 Å². The second-order valence-electron chi connectivity index (χ2n) is 6.58. The van der Waals surface area contributed by atoms with Crippen molar-refractivity contribution in [3.05, 3.63) is 28.8 Å². The van der Waals surface area contributed by atoms with Gasteiger partial charge in [0.05, 0.1) is 0 Å². The van der Waals surface area contributed by atoms with Crippen LogP contribution in [0.1, 0.15) is 55.7 Å². The van der Waals surface area contributed by atoms with Gasteiger partial charge in [0, 0.05) is 38.9 Å². The van der Waals surface area contributed by atoms with Gasteiger partial charge in [0.2, 0.25) is 0 Å². The number of aryl methyl sites for hydroxylation is 1. The highest BCUT2D eigenvalue weighted by Crippen LogP contribution is 2.30. The van der Waals surface area contributed by atoms with Gasteiger partial charge in [-0.3, -0.25) is 4.99 Å². The van der Waals surface area contributed by atoms with Gasteiger partial charge in [-0.05, 0) is 55.7 Å². The lowest BCUT2D eigenvalue weighted by Gasteiger charge is -2.21. The molecule has 148 valence electrons. The molecule has 0 amide bonds. The molecule has 0 heterocycles. The summed E-state index contributed by atoms with van der Waals surface area (Å²) in [5.74, 6) is 1.15. The van der Waals surface area contributed by atoms with E-state index >= 15 is 0 Å². The molecule has 0 unspecified atom stereocenters. The van der Waals surface area contributed by atoms with Crippen molar-refractivity contribution in [2.45, 2.75) is 58.4 Å². The van der Waals surface area contributed by atoms with E-state index in [0.29, 0.717) is 12.3 Å². The molecule has 0 bridgehead atoms. The number of aromatic hydroxyl groups is 1. The van der Waals surface area contributed by atoms with Gasteiger partial charge in [-0.15, -0.1) is 24.0 Å². The van der Waals surface area contributed by atoms with Crippen LogP contribution in [-0.4, -0.2) is 37.9 Å². The number of hydrogen-bond donors (Lipinski definition) is 3. The number of nitrogens with zero attached hydrogens (tertiary/aromatic N) is 1. The minimum absolute atomic E-state index is 0. The number of phenols is 1. The lowest BCUT2D eigenvalue weighted by atomic mass is 9.88. The quantitative estimate of drug-likeness (QED) is 0.220. The zero-order chi connectivity index (χ0) is 17.9. The van der Waals surface area contributed by atoms with Crippen LogP contribution in [0, 0.1) is 0 Å². The molecule has 0 radical (unpaired) electrons. The van der Waals surface area contributed by atoms with Crippen LogP contribution in [0.2, 0.25) is 0 Å². The van der Waals surface area contributed by atoms with Gasteiger partial charge < -0.3 is 20.5 Å². The Hall–Kier alpha value is -1.02. The average molecular weight is 475 g/mol. The molecule has 1 aliphatic carbocycles. The number of nitrogens with one attached hydrogen (secondary N) is 2. The van der Waals surface area contributed by atoms with Crippen LogP contribution < -0.4 is 10.6 Å². The van der Waals surface area contributed by atoms with Gasteiger partial charge in [0.15, 0.2) is 5.96 Å². The van der Waals surface area contributed by atoms with Crippen LogP contribution in [0.3, 0.4) is 0 Å². The fourth-order valence-corrected chi connectivity index (χ4v) is 3.21. The molecule has 1 aromatic carbocycles. The SMILES string of the molecule is CCCCOCCCNC(=NC)NCc1c(O)ccc2c1CCCC2.I. The summed E-state index contributed by atoms with van der Waals surface area (Å²) in [6, 6.07) is 3.89. The highest BCUT2D eigenvalue weighted by atomic mass is 127. The van der Waals surface area contributed by atoms with Crippen molar-refractivity contribution in [3.63, 3.8) is 0 Å². The minimum Gasteiger partial charge on any atom is -0.508 e. The van der Waals surface area contributed by atoms with Crippen molar-refractivity contribution < 1.29 is 9.84 Å². The van der Waals surface area contributed by atoms with Crippen molar-refractivity contribution in [3.8, 4) is 5.75 Å². The fraction of sp³-hybridized carbons (Fsp3) is 0.650. The molecule has 0 aliphatic heterocycles. The third-order valence-electron chi connectivity index (χ3n) is 4.68. The Bertz CT molecular complexity index is 564. The normalized spacial score (nSPS) is 13.7. The zero-order valence-corrected chi connectivity index (χ0v) is 18.5. The zero-order valence-electron chi connectivity index (χ0n) is 16.1. The number of guanidine groups is 1. The molecule has 0 saturated heterocycles. The third-order valence-corrected chi connectivity index (χ3v) is 4.68. The summed E-state index contributed by atoms with van der Waals surface area (Å²) in [6.07, 6.45) is 7.88. The van der Waals surface area contributed by atoms with Crippen LogP contribution in [0.25, 0.3) is 0 Å². The maximum atomic E-state index is 10.3. The van der Waals surface area contributed by atoms with Crippen molar-refractivity contribution in [1.29, 1.82) is 0 Å². The van der Waals surface area contributed by atoms with Gasteiger partial charge in [0.1, 0.15) is 5.75 Å². The molecular weight excluding hydrogens is 441 g/mol. The minimum atomic E-state index is 0. The Morgan fingerprint density at radius 3 is 2.69 bits per heavy atom. The Morgan fingerprint density at radius 2 is 1.92 bits per heavy atom. The standard InChI is InChI=1S/C20H33N3O2.HI/c1-3-4-13-25-14-7-12-22-20(21-2)23-15-18-17-9-6-5-8-16(17)10-11-19(18)24;/h10-11,24H,3-9,12-15H2,1-2H3,(H2,21,22,23);1H. The first kappa shape index (κ1) is 23.0. The molecule has 0 aromatic heterocycles. The lowest BCUT2D eigenvalue weighted by Crippen LogP contribution is -2.37. The van der Waals surface area contributed by atoms with Crippen LogP contribution in [0.4, 0.5) is 0 Å². The highest BCUT2D eigenvalue weighted by molar-refractivity contribution is 14.0. The van der Waals surface area contributed by atoms with Gasteiger partial charge in [-0.25, -0.2) is 0 Å². The van der Waals surface area contributed by atoms with Crippen LogP contribution in [0.15, 0.2) is 17.1 Å². The van der Waals surface area contributed by atoms with Crippen molar-refractivity contribution >= 4 is 29.9 Å². The Morgan fingerprint density at radius 1 is 1.15 bits per heavy atom. The van der Waals surface area contributed by atoms with E-state index in [4.69, 9.17) is 4.74 Å². The monoisotopic (exact) mass is 475 g/mol. The summed E-state index contributed by atoms with van der Waals surface area (Å²) in [5, 5.41) is 16.9. The third kappa shape index (κ3) is 7.31. The smallest absolute Gasteiger partial charge is 0.191 e. The van der Waals surface area contributed by atoms with Crippen LogP contribution >= 0.6 is 24.0 Å². The number of rotatable bonds is 9. The Labute approximate surface area is 175 Å². The predicted octanol–water partition coefficient (Wildman–Crippen LogP) is 3.76. The molecule has 3 N–H and O–H groups in total. The molecule has 26 heavy (non-hydrogen) atoms. The maximum Gasteiger partial charge on any atom is 0.191 e. The number of unbranched alkanes of at least 4 members (excludes halogenated alkanes) is 1. The van der Waals surface area contributed by atoms with Crippen molar-refractivity contribution in [2.24, 2.45) is 4.99 Å². The summed E-state index contributed by atoms with van der Waals surface area (Å²) in [5.41, 5.74) is 3.72. The lowest BCUT2D eigenvalue weighted by molar-refractivity contribution is 0.129. The van der Waals surface area contributed by atoms with E-state index in [1.54, 1.807) is 7.05 Å². The fourth-order valence-electron chi connectivity index (χ4n) is 3.21. The number of aliphatic imine (C=N–C) groups is 1. The van der Waals surface area contributed by atoms with E-state index in [1.807, 2.05) is 6.07 Å². The van der Waals surface area contributed by atoms with Gasteiger partial charge in [-0.2, -0.15) is 0 Å². The number of halogens is 1. The molecule has 0 saturated carbocycles. The van der Waals surface area contributed by atoms with Crippen molar-refractivity contribution in [2.75, 3.05) is 26.8 Å². The van der Waals surface area contributed by atoms with E-state index in [2.05, 4.69) is 28.6 Å². The molecule has 5 nitrogen and oxygen atoms in total. The first-order valence-corrected chi connectivity index (χ1v) is 9.61. The van der Waals surface area contributed by atoms with Crippen LogP contribution in [-0.2, 0) is 24.1 Å². The summed E-state index contributed by atoms with van der Waals surface area (Å²) in [4.78, 5) is 4.26. The Kier molecular flexibility index (Phi) is 11.7. The molecule has 1 aliphatic rings. The highest BCUT2D eigenvalue weighted by Gasteiger charge is 2.16. The van der Waals surface area contributed by atoms with Gasteiger partial charge >= 0.3 is 0 Å². The summed E-state index contributed by atoms with van der Waals surface area (Å²) in [6.45, 7) is 5.22. The molecule has 0 fully saturated rings. The van der Waals surface area contributed by atoms with E-state index in [0.717, 1.165) is 57.0 Å². The predicted molar refractivity (Wildman–Crippen MR) is 119 cm³/mol. The number of ether oxygens (including phenoxy) is 1. The number of phenolic OH excluding ortho intramolecular Hbond substituents is 1. The first-order chi connectivity index (χ1) is 12.3.